The zero-order valence-corrected chi connectivity index (χ0v) is 14.6. The molecule has 1 unspecified atom stereocenters. The van der Waals surface area contributed by atoms with Crippen molar-refractivity contribution in [2.45, 2.75) is 57.9 Å². The van der Waals surface area contributed by atoms with Gasteiger partial charge >= 0.3 is 0 Å². The fourth-order valence-corrected chi connectivity index (χ4v) is 4.30. The van der Waals surface area contributed by atoms with Gasteiger partial charge in [-0.1, -0.05) is 19.8 Å². The first-order valence-electron chi connectivity index (χ1n) is 9.51. The maximum Gasteiger partial charge on any atom is 0.200 e. The summed E-state index contributed by atoms with van der Waals surface area (Å²) in [6.07, 6.45) is 10.9. The molecule has 6 heteroatoms. The Morgan fingerprint density at radius 3 is 2.92 bits per heavy atom. The molecule has 1 aliphatic carbocycles. The lowest BCUT2D eigenvalue weighted by molar-refractivity contribution is 0.129. The zero-order valence-electron chi connectivity index (χ0n) is 14.6. The number of nitrogens with zero attached hydrogens (tertiary/aromatic N) is 5. The van der Waals surface area contributed by atoms with Gasteiger partial charge in [0.15, 0.2) is 0 Å². The van der Waals surface area contributed by atoms with E-state index in [1.807, 2.05) is 0 Å². The number of hydrogen-bond acceptors (Lipinski definition) is 5. The van der Waals surface area contributed by atoms with Crippen LogP contribution in [0.2, 0.25) is 0 Å². The molecule has 130 valence electrons. The van der Waals surface area contributed by atoms with E-state index >= 15 is 0 Å². The van der Waals surface area contributed by atoms with Gasteiger partial charge < -0.3 is 10.2 Å². The van der Waals surface area contributed by atoms with Gasteiger partial charge in [0.25, 0.3) is 0 Å². The largest absolute Gasteiger partial charge is 0.382 e. The standard InChI is InChI=1S/C18H28N6/c1-2-15-10-17(18-21-20-13-24(18)22-15)19-11-14-6-5-9-23(12-14)16-7-3-4-8-16/h10,13-14,16,19H,2-9,11-12H2,1H3. The molecule has 3 heterocycles. The van der Waals surface area contributed by atoms with Crippen LogP contribution in [-0.4, -0.2) is 50.4 Å². The molecule has 2 fully saturated rings. The molecule has 0 amide bonds. The van der Waals surface area contributed by atoms with Crippen molar-refractivity contribution in [3.05, 3.63) is 18.1 Å². The van der Waals surface area contributed by atoms with Crippen molar-refractivity contribution < 1.29 is 0 Å². The zero-order chi connectivity index (χ0) is 16.4. The Morgan fingerprint density at radius 2 is 2.08 bits per heavy atom. The van der Waals surface area contributed by atoms with Gasteiger partial charge in [-0.25, -0.2) is 0 Å². The van der Waals surface area contributed by atoms with E-state index in [0.717, 1.165) is 42.0 Å². The average molecular weight is 328 g/mol. The maximum atomic E-state index is 4.52. The molecule has 1 saturated carbocycles. The molecule has 24 heavy (non-hydrogen) atoms. The smallest absolute Gasteiger partial charge is 0.200 e. The second-order valence-electron chi connectivity index (χ2n) is 7.32. The summed E-state index contributed by atoms with van der Waals surface area (Å²) in [5.74, 6) is 0.723. The van der Waals surface area contributed by atoms with Gasteiger partial charge in [-0.05, 0) is 50.6 Å². The SMILES string of the molecule is CCc1cc(NCC2CCCN(C3CCCC3)C2)c2nncn2n1. The lowest BCUT2D eigenvalue weighted by Crippen LogP contribution is -2.43. The van der Waals surface area contributed by atoms with Crippen LogP contribution in [0.15, 0.2) is 12.4 Å². The quantitative estimate of drug-likeness (QED) is 0.914. The molecule has 2 aliphatic rings. The number of anilines is 1. The summed E-state index contributed by atoms with van der Waals surface area (Å²) in [6.45, 7) is 5.68. The number of fused-ring (bicyclic) bond motifs is 1. The van der Waals surface area contributed by atoms with E-state index in [9.17, 15) is 0 Å². The van der Waals surface area contributed by atoms with E-state index in [0.29, 0.717) is 0 Å². The first-order valence-corrected chi connectivity index (χ1v) is 9.51. The number of nitrogens with one attached hydrogen (secondary N) is 1. The van der Waals surface area contributed by atoms with Crippen LogP contribution in [0.4, 0.5) is 5.69 Å². The number of aryl methyl sites for hydroxylation is 1. The van der Waals surface area contributed by atoms with E-state index < -0.39 is 0 Å². The molecule has 0 spiro atoms. The van der Waals surface area contributed by atoms with Crippen LogP contribution in [0.3, 0.4) is 0 Å². The van der Waals surface area contributed by atoms with Crippen LogP contribution in [0.1, 0.15) is 51.1 Å². The van der Waals surface area contributed by atoms with Crippen molar-refractivity contribution >= 4 is 11.3 Å². The Balaban J connectivity index is 1.42. The Morgan fingerprint density at radius 1 is 1.21 bits per heavy atom. The minimum Gasteiger partial charge on any atom is -0.382 e. The first kappa shape index (κ1) is 15.8. The van der Waals surface area contributed by atoms with E-state index in [2.05, 4.69) is 38.5 Å². The minimum absolute atomic E-state index is 0.723. The number of likely N-dealkylation sites (tertiary alicyclic amines) is 1. The maximum absolute atomic E-state index is 4.52. The van der Waals surface area contributed by atoms with Gasteiger partial charge in [0, 0.05) is 19.1 Å². The van der Waals surface area contributed by atoms with Gasteiger partial charge in [0.2, 0.25) is 5.65 Å². The molecule has 2 aromatic rings. The van der Waals surface area contributed by atoms with Gasteiger partial charge in [0.1, 0.15) is 6.33 Å². The van der Waals surface area contributed by atoms with Crippen molar-refractivity contribution in [3.63, 3.8) is 0 Å². The molecule has 2 aromatic heterocycles. The average Bonchev–Trinajstić information content (AvgIpc) is 3.31. The Labute approximate surface area is 143 Å². The Hall–Kier alpha value is -1.69. The van der Waals surface area contributed by atoms with Gasteiger partial charge in [-0.2, -0.15) is 9.61 Å². The fraction of sp³-hybridized carbons (Fsp3) is 0.722. The van der Waals surface area contributed by atoms with Gasteiger partial charge in [-0.15, -0.1) is 10.2 Å². The molecule has 0 radical (unpaired) electrons. The summed E-state index contributed by atoms with van der Waals surface area (Å²) in [6, 6.07) is 2.98. The highest BCUT2D eigenvalue weighted by atomic mass is 15.3. The summed E-state index contributed by atoms with van der Waals surface area (Å²) in [7, 11) is 0. The van der Waals surface area contributed by atoms with Gasteiger partial charge in [0.05, 0.1) is 11.4 Å². The normalized spacial score (nSPS) is 23.1. The van der Waals surface area contributed by atoms with Gasteiger partial charge in [-0.3, -0.25) is 0 Å². The molecule has 1 N–H and O–H groups in total. The summed E-state index contributed by atoms with van der Waals surface area (Å²) >= 11 is 0. The molecule has 1 atom stereocenters. The molecule has 0 bridgehead atoms. The molecular formula is C18H28N6. The predicted molar refractivity (Wildman–Crippen MR) is 95.2 cm³/mol. The topological polar surface area (TPSA) is 58.3 Å². The van der Waals surface area contributed by atoms with Crippen molar-refractivity contribution in [3.8, 4) is 0 Å². The third kappa shape index (κ3) is 3.24. The number of piperidine rings is 1. The van der Waals surface area contributed by atoms with Crippen molar-refractivity contribution in [1.82, 2.24) is 24.7 Å². The second-order valence-corrected chi connectivity index (χ2v) is 7.32. The monoisotopic (exact) mass is 328 g/mol. The van der Waals surface area contributed by atoms with E-state index in [1.165, 1.54) is 51.6 Å². The molecule has 4 rings (SSSR count). The van der Waals surface area contributed by atoms with Crippen LogP contribution < -0.4 is 5.32 Å². The number of aromatic nitrogens is 4. The Bertz CT molecular complexity index is 675. The lowest BCUT2D eigenvalue weighted by Gasteiger charge is -2.37. The second kappa shape index (κ2) is 7.05. The molecule has 6 nitrogen and oxygen atoms in total. The molecular weight excluding hydrogens is 300 g/mol. The minimum atomic E-state index is 0.723. The van der Waals surface area contributed by atoms with Crippen LogP contribution >= 0.6 is 0 Å². The highest BCUT2D eigenvalue weighted by Crippen LogP contribution is 2.28. The molecule has 1 aliphatic heterocycles. The van der Waals surface area contributed by atoms with Crippen LogP contribution in [0.25, 0.3) is 5.65 Å². The summed E-state index contributed by atoms with van der Waals surface area (Å²) in [5.41, 5.74) is 2.97. The van der Waals surface area contributed by atoms with Crippen LogP contribution in [-0.2, 0) is 6.42 Å². The highest BCUT2D eigenvalue weighted by Gasteiger charge is 2.27. The third-order valence-electron chi connectivity index (χ3n) is 5.65. The van der Waals surface area contributed by atoms with Crippen molar-refractivity contribution in [2.24, 2.45) is 5.92 Å². The number of hydrogen-bond donors (Lipinski definition) is 1. The van der Waals surface area contributed by atoms with Crippen LogP contribution in [0, 0.1) is 5.92 Å². The highest BCUT2D eigenvalue weighted by molar-refractivity contribution is 5.66. The predicted octanol–water partition coefficient (Wildman–Crippen LogP) is 2.75. The summed E-state index contributed by atoms with van der Waals surface area (Å²) < 4.78 is 1.78. The molecule has 1 saturated heterocycles. The third-order valence-corrected chi connectivity index (χ3v) is 5.65. The summed E-state index contributed by atoms with van der Waals surface area (Å²) in [5, 5.41) is 16.4. The van der Waals surface area contributed by atoms with Crippen molar-refractivity contribution in [1.29, 1.82) is 0 Å². The van der Waals surface area contributed by atoms with E-state index in [1.54, 1.807) is 10.8 Å². The first-order chi connectivity index (χ1) is 11.8. The summed E-state index contributed by atoms with van der Waals surface area (Å²) in [4.78, 5) is 2.75. The Kier molecular flexibility index (Phi) is 4.65. The van der Waals surface area contributed by atoms with Crippen molar-refractivity contribution in [2.75, 3.05) is 25.0 Å². The number of rotatable bonds is 5. The lowest BCUT2D eigenvalue weighted by atomic mass is 9.96. The van der Waals surface area contributed by atoms with Crippen LogP contribution in [0.5, 0.6) is 0 Å². The van der Waals surface area contributed by atoms with E-state index in [-0.39, 0.29) is 0 Å². The molecule has 0 aromatic carbocycles. The fourth-order valence-electron chi connectivity index (χ4n) is 4.30. The van der Waals surface area contributed by atoms with E-state index in [4.69, 9.17) is 0 Å².